The number of piperazine rings is 1. The average Bonchev–Trinajstić information content (AvgIpc) is 3.13. The van der Waals surface area contributed by atoms with Crippen molar-refractivity contribution in [1.29, 1.82) is 0 Å². The minimum absolute atomic E-state index is 0.0808. The van der Waals surface area contributed by atoms with Crippen LogP contribution in [0.5, 0.6) is 0 Å². The van der Waals surface area contributed by atoms with Crippen LogP contribution < -0.4 is 5.32 Å². The number of rotatable bonds is 5. The Morgan fingerprint density at radius 3 is 2.39 bits per heavy atom. The van der Waals surface area contributed by atoms with Crippen molar-refractivity contribution in [3.05, 3.63) is 47.3 Å². The van der Waals surface area contributed by atoms with Crippen LogP contribution in [0.1, 0.15) is 41.5 Å². The smallest absolute Gasteiger partial charge is 0.409 e. The van der Waals surface area contributed by atoms with Crippen molar-refractivity contribution in [2.24, 2.45) is 0 Å². The van der Waals surface area contributed by atoms with E-state index in [1.54, 1.807) is 47.5 Å². The lowest BCUT2D eigenvalue weighted by atomic mass is 10.1. The van der Waals surface area contributed by atoms with Gasteiger partial charge in [0, 0.05) is 37.9 Å². The third-order valence-corrected chi connectivity index (χ3v) is 5.43. The molecule has 1 aliphatic rings. The number of ether oxygens (including phenoxy) is 1. The molecule has 9 nitrogen and oxygen atoms in total. The highest BCUT2D eigenvalue weighted by atomic mass is 16.6. The first-order chi connectivity index (χ1) is 14.8. The molecule has 31 heavy (non-hydrogen) atoms. The number of nitrogens with zero attached hydrogens (tertiary/aromatic N) is 4. The zero-order valence-electron chi connectivity index (χ0n) is 18.4. The van der Waals surface area contributed by atoms with Crippen LogP contribution >= 0.6 is 0 Å². The van der Waals surface area contributed by atoms with Crippen LogP contribution in [0.15, 0.2) is 30.5 Å². The molecule has 0 bridgehead atoms. The molecule has 0 saturated carbocycles. The fraction of sp³-hybridized carbons (Fsp3) is 0.455. The van der Waals surface area contributed by atoms with Crippen LogP contribution in [-0.2, 0) is 9.53 Å². The number of aromatic nitrogens is 2. The Kier molecular flexibility index (Phi) is 6.94. The normalized spacial score (nSPS) is 14.8. The zero-order chi connectivity index (χ0) is 22.5. The molecule has 1 aromatic carbocycles. The van der Waals surface area contributed by atoms with Gasteiger partial charge in [0.1, 0.15) is 6.04 Å². The summed E-state index contributed by atoms with van der Waals surface area (Å²) in [6.45, 7) is 9.31. The summed E-state index contributed by atoms with van der Waals surface area (Å²) >= 11 is 0. The van der Waals surface area contributed by atoms with Crippen LogP contribution in [0, 0.1) is 13.8 Å². The third kappa shape index (κ3) is 5.04. The second kappa shape index (κ2) is 9.63. The minimum Gasteiger partial charge on any atom is -0.450 e. The molecule has 1 aliphatic heterocycles. The number of aryl methyl sites for hydroxylation is 2. The number of hydrogen-bond acceptors (Lipinski definition) is 5. The maximum absolute atomic E-state index is 13.0. The molecule has 1 N–H and O–H groups in total. The van der Waals surface area contributed by atoms with Gasteiger partial charge in [-0.05, 0) is 39.3 Å². The van der Waals surface area contributed by atoms with Gasteiger partial charge in [-0.2, -0.15) is 5.10 Å². The van der Waals surface area contributed by atoms with Gasteiger partial charge in [-0.25, -0.2) is 4.79 Å². The molecular formula is C22H29N5O4. The molecule has 1 atom stereocenters. The van der Waals surface area contributed by atoms with Crippen molar-refractivity contribution >= 4 is 23.6 Å². The highest BCUT2D eigenvalue weighted by Gasteiger charge is 2.29. The van der Waals surface area contributed by atoms with Gasteiger partial charge in [0.05, 0.1) is 18.0 Å². The number of anilines is 1. The summed E-state index contributed by atoms with van der Waals surface area (Å²) < 4.78 is 6.59. The Morgan fingerprint density at radius 2 is 1.74 bits per heavy atom. The number of carbonyl (C=O) groups excluding carboxylic acids is 3. The molecule has 1 saturated heterocycles. The van der Waals surface area contributed by atoms with E-state index in [0.29, 0.717) is 49.7 Å². The van der Waals surface area contributed by atoms with Crippen LogP contribution in [0.4, 0.5) is 10.5 Å². The molecule has 166 valence electrons. The lowest BCUT2D eigenvalue weighted by Gasteiger charge is -2.35. The summed E-state index contributed by atoms with van der Waals surface area (Å²) in [6, 6.07) is 6.83. The second-order valence-electron chi connectivity index (χ2n) is 7.56. The highest BCUT2D eigenvalue weighted by Crippen LogP contribution is 2.20. The standard InChI is InChI=1S/C22H29N5O4/c1-5-31-22(30)26-12-10-25(11-13-26)21(29)17(4)27-14-19(16(3)24-27)23-20(28)18-9-7-6-8-15(18)2/h6-9,14,17H,5,10-13H2,1-4H3,(H,23,28). The largest absolute Gasteiger partial charge is 0.450 e. The van der Waals surface area contributed by atoms with E-state index in [9.17, 15) is 14.4 Å². The van der Waals surface area contributed by atoms with Gasteiger partial charge >= 0.3 is 6.09 Å². The maximum atomic E-state index is 13.0. The fourth-order valence-electron chi connectivity index (χ4n) is 3.52. The van der Waals surface area contributed by atoms with Crippen LogP contribution in [0.2, 0.25) is 0 Å². The summed E-state index contributed by atoms with van der Waals surface area (Å²) in [4.78, 5) is 40.7. The zero-order valence-corrected chi connectivity index (χ0v) is 18.4. The molecular weight excluding hydrogens is 398 g/mol. The van der Waals surface area contributed by atoms with E-state index in [-0.39, 0.29) is 17.9 Å². The maximum Gasteiger partial charge on any atom is 0.409 e. The quantitative estimate of drug-likeness (QED) is 0.791. The predicted octanol–water partition coefficient (Wildman–Crippen LogP) is 2.61. The Labute approximate surface area is 182 Å². The molecule has 9 heteroatoms. The first-order valence-corrected chi connectivity index (χ1v) is 10.4. The van der Waals surface area contributed by atoms with E-state index < -0.39 is 6.04 Å². The average molecular weight is 428 g/mol. The molecule has 2 heterocycles. The number of nitrogens with one attached hydrogen (secondary N) is 1. The van der Waals surface area contributed by atoms with Crippen LogP contribution in [0.3, 0.4) is 0 Å². The molecule has 0 spiro atoms. The highest BCUT2D eigenvalue weighted by molar-refractivity contribution is 6.05. The summed E-state index contributed by atoms with van der Waals surface area (Å²) in [5.41, 5.74) is 2.68. The van der Waals surface area contributed by atoms with Gasteiger partial charge in [-0.3, -0.25) is 14.3 Å². The number of hydrogen-bond donors (Lipinski definition) is 1. The Bertz CT molecular complexity index is 963. The van der Waals surface area contributed by atoms with E-state index in [1.165, 1.54) is 0 Å². The minimum atomic E-state index is -0.531. The SMILES string of the molecule is CCOC(=O)N1CCN(C(=O)C(C)n2cc(NC(=O)c3ccccc3C)c(C)n2)CC1. The van der Waals surface area contributed by atoms with Crippen molar-refractivity contribution in [3.63, 3.8) is 0 Å². The predicted molar refractivity (Wildman–Crippen MR) is 116 cm³/mol. The number of benzene rings is 1. The van der Waals surface area contributed by atoms with Gasteiger partial charge in [0.2, 0.25) is 5.91 Å². The van der Waals surface area contributed by atoms with Crippen LogP contribution in [-0.4, -0.2) is 70.3 Å². The van der Waals surface area contributed by atoms with Crippen molar-refractivity contribution in [3.8, 4) is 0 Å². The van der Waals surface area contributed by atoms with Gasteiger partial charge in [-0.1, -0.05) is 18.2 Å². The fourth-order valence-corrected chi connectivity index (χ4v) is 3.52. The van der Waals surface area contributed by atoms with Crippen molar-refractivity contribution in [2.45, 2.75) is 33.7 Å². The van der Waals surface area contributed by atoms with Crippen molar-refractivity contribution in [2.75, 3.05) is 38.1 Å². The Morgan fingerprint density at radius 1 is 1.10 bits per heavy atom. The van der Waals surface area contributed by atoms with Gasteiger partial charge < -0.3 is 19.9 Å². The van der Waals surface area contributed by atoms with E-state index in [0.717, 1.165) is 5.56 Å². The summed E-state index contributed by atoms with van der Waals surface area (Å²) in [7, 11) is 0. The van der Waals surface area contributed by atoms with Gasteiger partial charge in [-0.15, -0.1) is 0 Å². The molecule has 2 aromatic rings. The van der Waals surface area contributed by atoms with Crippen LogP contribution in [0.25, 0.3) is 0 Å². The molecule has 1 fully saturated rings. The van der Waals surface area contributed by atoms with E-state index in [2.05, 4.69) is 10.4 Å². The summed E-state index contributed by atoms with van der Waals surface area (Å²) in [6.07, 6.45) is 1.34. The third-order valence-electron chi connectivity index (χ3n) is 5.43. The first-order valence-electron chi connectivity index (χ1n) is 10.4. The Balaban J connectivity index is 1.63. The lowest BCUT2D eigenvalue weighted by molar-refractivity contribution is -0.136. The summed E-state index contributed by atoms with van der Waals surface area (Å²) in [5.74, 6) is -0.294. The summed E-state index contributed by atoms with van der Waals surface area (Å²) in [5, 5.41) is 7.32. The first kappa shape index (κ1) is 22.3. The van der Waals surface area contributed by atoms with E-state index in [1.807, 2.05) is 25.1 Å². The molecule has 1 unspecified atom stereocenters. The van der Waals surface area contributed by atoms with Gasteiger partial charge in [0.15, 0.2) is 0 Å². The van der Waals surface area contributed by atoms with Crippen molar-refractivity contribution in [1.82, 2.24) is 19.6 Å². The topological polar surface area (TPSA) is 96.8 Å². The lowest BCUT2D eigenvalue weighted by Crippen LogP contribution is -2.52. The molecule has 1 aromatic heterocycles. The second-order valence-corrected chi connectivity index (χ2v) is 7.56. The molecule has 3 rings (SSSR count). The van der Waals surface area contributed by atoms with Gasteiger partial charge in [0.25, 0.3) is 5.91 Å². The molecule has 0 aliphatic carbocycles. The number of amides is 3. The van der Waals surface area contributed by atoms with E-state index in [4.69, 9.17) is 4.74 Å². The monoisotopic (exact) mass is 427 g/mol. The molecule has 3 amide bonds. The van der Waals surface area contributed by atoms with E-state index >= 15 is 0 Å². The van der Waals surface area contributed by atoms with Crippen molar-refractivity contribution < 1.29 is 19.1 Å². The Hall–Kier alpha value is -3.36. The number of carbonyl (C=O) groups is 3. The molecule has 0 radical (unpaired) electrons.